The molecule has 10 heteroatoms. The van der Waals surface area contributed by atoms with Gasteiger partial charge in [-0.3, -0.25) is 19.4 Å². The second kappa shape index (κ2) is 18.4. The smallest absolute Gasteiger partial charge is 0.411 e. The average molecular weight is 797 g/mol. The summed E-state index contributed by atoms with van der Waals surface area (Å²) in [5.74, 6) is -0.582. The van der Waals surface area contributed by atoms with Crippen molar-refractivity contribution < 1.29 is 28.7 Å². The monoisotopic (exact) mass is 796 g/mol. The van der Waals surface area contributed by atoms with Crippen LogP contribution in [0.15, 0.2) is 158 Å². The molecule has 2 aliphatic rings. The molecule has 0 radical (unpaired) electrons. The molecule has 0 unspecified atom stereocenters. The molecule has 6 aromatic carbocycles. The van der Waals surface area contributed by atoms with Crippen LogP contribution in [-0.2, 0) is 58.2 Å². The van der Waals surface area contributed by atoms with Crippen LogP contribution in [0.5, 0.6) is 0 Å². The zero-order valence-corrected chi connectivity index (χ0v) is 32.9. The van der Waals surface area contributed by atoms with E-state index >= 15 is 0 Å². The average Bonchev–Trinajstić information content (AvgIpc) is 3.30. The molecule has 2 N–H and O–H groups in total. The van der Waals surface area contributed by atoms with Gasteiger partial charge in [0.1, 0.15) is 25.3 Å². The first kappa shape index (κ1) is 39.4. The van der Waals surface area contributed by atoms with Crippen LogP contribution in [0.1, 0.15) is 44.5 Å². The summed E-state index contributed by atoms with van der Waals surface area (Å²) in [6, 6.07) is 48.0. The zero-order valence-electron chi connectivity index (χ0n) is 32.9. The highest BCUT2D eigenvalue weighted by atomic mass is 16.6. The third-order valence-electron chi connectivity index (χ3n) is 10.8. The van der Waals surface area contributed by atoms with Gasteiger partial charge in [-0.1, -0.05) is 146 Å². The quantitative estimate of drug-likeness (QED) is 0.134. The molecule has 10 nitrogen and oxygen atoms in total. The molecule has 2 aliphatic heterocycles. The number of nitrogens with zero attached hydrogens (tertiary/aromatic N) is 2. The molecule has 2 atom stereocenters. The van der Waals surface area contributed by atoms with E-state index in [1.54, 1.807) is 0 Å². The predicted molar refractivity (Wildman–Crippen MR) is 231 cm³/mol. The van der Waals surface area contributed by atoms with Crippen molar-refractivity contribution in [2.45, 2.75) is 51.2 Å². The Balaban J connectivity index is 0.871. The minimum Gasteiger partial charge on any atom is -0.445 e. The number of benzene rings is 6. The highest BCUT2D eigenvalue weighted by molar-refractivity contribution is 5.98. The Morgan fingerprint density at radius 1 is 0.467 bits per heavy atom. The number of ether oxygens (including phenoxy) is 2. The summed E-state index contributed by atoms with van der Waals surface area (Å²) in [7, 11) is 0. The number of hydrogen-bond acceptors (Lipinski definition) is 6. The largest absolute Gasteiger partial charge is 0.445 e. The molecule has 0 aliphatic carbocycles. The minimum atomic E-state index is -0.741. The SMILES string of the molecule is O=C(Nc1ccc(C=Cc2ccc(NC(=O)[C@@H]3Cc4ccccc4CN3C(=O)OCc3ccccc3)cc2)cc1)[C@@H]1Cc2ccccc2CN1C(=O)OCc1ccccc1. The minimum absolute atomic E-state index is 0.118. The van der Waals surface area contributed by atoms with E-state index in [-0.39, 0.29) is 38.1 Å². The summed E-state index contributed by atoms with van der Waals surface area (Å²) in [6.45, 7) is 0.789. The van der Waals surface area contributed by atoms with E-state index in [1.807, 2.05) is 170 Å². The van der Waals surface area contributed by atoms with Crippen molar-refractivity contribution in [3.05, 3.63) is 202 Å². The molecule has 0 aromatic heterocycles. The van der Waals surface area contributed by atoms with Gasteiger partial charge in [0, 0.05) is 24.2 Å². The second-order valence-corrected chi connectivity index (χ2v) is 14.9. The van der Waals surface area contributed by atoms with Crippen LogP contribution < -0.4 is 10.6 Å². The summed E-state index contributed by atoms with van der Waals surface area (Å²) in [4.78, 5) is 57.0. The lowest BCUT2D eigenvalue weighted by Crippen LogP contribution is -2.50. The van der Waals surface area contributed by atoms with Crippen molar-refractivity contribution in [3.8, 4) is 0 Å². The maximum Gasteiger partial charge on any atom is 0.411 e. The normalized spacial score (nSPS) is 15.7. The number of fused-ring (bicyclic) bond motifs is 2. The first-order valence-electron chi connectivity index (χ1n) is 19.9. The van der Waals surface area contributed by atoms with Gasteiger partial charge in [-0.05, 0) is 68.8 Å². The molecular weight excluding hydrogens is 753 g/mol. The fraction of sp³-hybridized carbons (Fsp3) is 0.160. The Hall–Kier alpha value is -7.46. The third-order valence-corrected chi connectivity index (χ3v) is 10.8. The molecule has 0 spiro atoms. The van der Waals surface area contributed by atoms with Crippen molar-refractivity contribution in [3.63, 3.8) is 0 Å². The third kappa shape index (κ3) is 9.62. The van der Waals surface area contributed by atoms with Gasteiger partial charge < -0.3 is 20.1 Å². The molecule has 6 aromatic rings. The lowest BCUT2D eigenvalue weighted by Gasteiger charge is -2.35. The van der Waals surface area contributed by atoms with Crippen LogP contribution in [-0.4, -0.2) is 45.9 Å². The van der Waals surface area contributed by atoms with Crippen molar-refractivity contribution in [1.82, 2.24) is 9.80 Å². The molecule has 8 rings (SSSR count). The van der Waals surface area contributed by atoms with Crippen LogP contribution in [0.3, 0.4) is 0 Å². The highest BCUT2D eigenvalue weighted by Gasteiger charge is 2.37. The van der Waals surface area contributed by atoms with E-state index in [1.165, 1.54) is 9.80 Å². The lowest BCUT2D eigenvalue weighted by molar-refractivity contribution is -0.122. The maximum absolute atomic E-state index is 13.7. The summed E-state index contributed by atoms with van der Waals surface area (Å²) >= 11 is 0. The van der Waals surface area contributed by atoms with E-state index in [9.17, 15) is 19.2 Å². The highest BCUT2D eigenvalue weighted by Crippen LogP contribution is 2.28. The van der Waals surface area contributed by atoms with Crippen molar-refractivity contribution in [2.75, 3.05) is 10.6 Å². The predicted octanol–water partition coefficient (Wildman–Crippen LogP) is 9.26. The van der Waals surface area contributed by atoms with Crippen LogP contribution in [0, 0.1) is 0 Å². The second-order valence-electron chi connectivity index (χ2n) is 14.9. The Morgan fingerprint density at radius 2 is 0.817 bits per heavy atom. The first-order valence-corrected chi connectivity index (χ1v) is 19.9. The van der Waals surface area contributed by atoms with Gasteiger partial charge in [-0.15, -0.1) is 0 Å². The number of rotatable bonds is 10. The molecule has 0 saturated heterocycles. The van der Waals surface area contributed by atoms with Gasteiger partial charge in [0.05, 0.1) is 13.1 Å². The molecule has 0 fully saturated rings. The first-order chi connectivity index (χ1) is 29.4. The van der Waals surface area contributed by atoms with E-state index in [0.29, 0.717) is 24.2 Å². The summed E-state index contributed by atoms with van der Waals surface area (Å²) in [6.07, 6.45) is 3.60. The maximum atomic E-state index is 13.7. The fourth-order valence-electron chi connectivity index (χ4n) is 7.50. The fourth-order valence-corrected chi connectivity index (χ4v) is 7.50. The number of amides is 4. The number of carbonyl (C=O) groups excluding carboxylic acids is 4. The summed E-state index contributed by atoms with van der Waals surface area (Å²) < 4.78 is 11.3. The Kier molecular flexibility index (Phi) is 12.1. The van der Waals surface area contributed by atoms with Gasteiger partial charge in [0.25, 0.3) is 0 Å². The molecule has 0 bridgehead atoms. The molecule has 60 heavy (non-hydrogen) atoms. The number of carbonyl (C=O) groups is 4. The van der Waals surface area contributed by atoms with E-state index in [2.05, 4.69) is 10.6 Å². The van der Waals surface area contributed by atoms with Gasteiger partial charge in [-0.25, -0.2) is 9.59 Å². The molecule has 4 amide bonds. The van der Waals surface area contributed by atoms with Gasteiger partial charge >= 0.3 is 12.2 Å². The van der Waals surface area contributed by atoms with Crippen molar-refractivity contribution >= 4 is 47.5 Å². The zero-order chi connectivity index (χ0) is 41.3. The van der Waals surface area contributed by atoms with Gasteiger partial charge in [0.2, 0.25) is 11.8 Å². The number of hydrogen-bond donors (Lipinski definition) is 2. The molecule has 300 valence electrons. The van der Waals surface area contributed by atoms with E-state index in [0.717, 1.165) is 44.5 Å². The van der Waals surface area contributed by atoms with Gasteiger partial charge in [0.15, 0.2) is 0 Å². The lowest BCUT2D eigenvalue weighted by atomic mass is 9.93. The van der Waals surface area contributed by atoms with Crippen LogP contribution in [0.4, 0.5) is 21.0 Å². The summed E-state index contributed by atoms with van der Waals surface area (Å²) in [5, 5.41) is 6.00. The molecule has 0 saturated carbocycles. The number of anilines is 2. The van der Waals surface area contributed by atoms with Gasteiger partial charge in [-0.2, -0.15) is 0 Å². The van der Waals surface area contributed by atoms with E-state index in [4.69, 9.17) is 9.47 Å². The topological polar surface area (TPSA) is 117 Å². The van der Waals surface area contributed by atoms with Crippen LogP contribution >= 0.6 is 0 Å². The molecular formula is C50H44N4O6. The van der Waals surface area contributed by atoms with Crippen LogP contribution in [0.2, 0.25) is 0 Å². The Morgan fingerprint density at radius 3 is 1.20 bits per heavy atom. The summed E-state index contributed by atoms with van der Waals surface area (Å²) in [5.41, 5.74) is 8.83. The van der Waals surface area contributed by atoms with E-state index < -0.39 is 24.3 Å². The standard InChI is InChI=1S/C50H44N4O6/c55-47(45-29-39-15-7-9-17-41(39)31-53(45)49(57)59-33-37-11-3-1-4-12-37)51-43-25-21-35(22-26-43)19-20-36-23-27-44(28-24-36)52-48(56)46-30-40-16-8-10-18-42(40)32-54(46)50(58)60-34-38-13-5-2-6-14-38/h1-28,45-46H,29-34H2,(H,51,55)(H,52,56)/t45-,46-/m0/s1. The Labute approximate surface area is 349 Å². The molecule has 2 heterocycles. The number of nitrogens with one attached hydrogen (secondary N) is 2. The van der Waals surface area contributed by atoms with Crippen LogP contribution in [0.25, 0.3) is 12.2 Å². The van der Waals surface area contributed by atoms with Crippen molar-refractivity contribution in [2.24, 2.45) is 0 Å². The van der Waals surface area contributed by atoms with Crippen molar-refractivity contribution in [1.29, 1.82) is 0 Å². The Bertz CT molecular complexity index is 2310.